The summed E-state index contributed by atoms with van der Waals surface area (Å²) in [5.74, 6) is -0.570. The van der Waals surface area contributed by atoms with E-state index in [1.54, 1.807) is 6.20 Å². The molecule has 1 aromatic heterocycles. The van der Waals surface area contributed by atoms with Gasteiger partial charge < -0.3 is 10.0 Å². The second-order valence-corrected chi connectivity index (χ2v) is 7.22. The van der Waals surface area contributed by atoms with Gasteiger partial charge in [-0.15, -0.1) is 0 Å². The predicted octanol–water partition coefficient (Wildman–Crippen LogP) is 2.18. The van der Waals surface area contributed by atoms with Gasteiger partial charge in [0, 0.05) is 16.9 Å². The van der Waals surface area contributed by atoms with Crippen LogP contribution in [0.1, 0.15) is 47.7 Å². The van der Waals surface area contributed by atoms with Gasteiger partial charge in [-0.25, -0.2) is 4.79 Å². The van der Waals surface area contributed by atoms with Crippen molar-refractivity contribution < 1.29 is 9.90 Å². The SMILES string of the molecule is CSC1(CN2CCC(c3cn[nH]c3C(=O)O)CC2)CC1. The summed E-state index contributed by atoms with van der Waals surface area (Å²) >= 11 is 2.00. The molecule has 0 aromatic carbocycles. The first kappa shape index (κ1) is 13.9. The fourth-order valence-electron chi connectivity index (χ4n) is 3.15. The molecule has 0 bridgehead atoms. The lowest BCUT2D eigenvalue weighted by Gasteiger charge is -2.34. The summed E-state index contributed by atoms with van der Waals surface area (Å²) in [4.78, 5) is 13.7. The largest absolute Gasteiger partial charge is 0.477 e. The molecule has 6 heteroatoms. The molecule has 5 nitrogen and oxygen atoms in total. The minimum Gasteiger partial charge on any atom is -0.477 e. The topological polar surface area (TPSA) is 69.2 Å². The Balaban J connectivity index is 1.58. The molecule has 0 radical (unpaired) electrons. The second-order valence-electron chi connectivity index (χ2n) is 5.94. The van der Waals surface area contributed by atoms with Gasteiger partial charge in [-0.2, -0.15) is 16.9 Å². The zero-order valence-electron chi connectivity index (χ0n) is 11.8. The number of carboxylic acid groups (broad SMARTS) is 1. The standard InChI is InChI=1S/C14H21N3O2S/c1-20-14(4-5-14)9-17-6-2-10(3-7-17)11-8-15-16-12(11)13(18)19/h8,10H,2-7,9H2,1H3,(H,15,16)(H,18,19). The van der Waals surface area contributed by atoms with Crippen LogP contribution in [-0.4, -0.2) is 56.8 Å². The molecule has 0 spiro atoms. The number of hydrogen-bond donors (Lipinski definition) is 2. The number of thioether (sulfide) groups is 1. The third-order valence-corrected chi connectivity index (χ3v) is 6.07. The molecule has 1 saturated heterocycles. The number of aromatic amines is 1. The highest BCUT2D eigenvalue weighted by Crippen LogP contribution is 2.48. The Kier molecular flexibility index (Phi) is 3.77. The molecule has 1 saturated carbocycles. The Morgan fingerprint density at radius 1 is 1.55 bits per heavy atom. The quantitative estimate of drug-likeness (QED) is 0.871. The van der Waals surface area contributed by atoms with Gasteiger partial charge in [0.25, 0.3) is 0 Å². The summed E-state index contributed by atoms with van der Waals surface area (Å²) in [5, 5.41) is 15.6. The summed E-state index contributed by atoms with van der Waals surface area (Å²) in [6.45, 7) is 3.33. The summed E-state index contributed by atoms with van der Waals surface area (Å²) in [6, 6.07) is 0. The highest BCUT2D eigenvalue weighted by atomic mass is 32.2. The fourth-order valence-corrected chi connectivity index (χ4v) is 3.97. The minimum atomic E-state index is -0.903. The lowest BCUT2D eigenvalue weighted by molar-refractivity contribution is 0.0688. The van der Waals surface area contributed by atoms with Crippen molar-refractivity contribution in [2.45, 2.75) is 36.3 Å². The van der Waals surface area contributed by atoms with Crippen LogP contribution in [0.15, 0.2) is 6.20 Å². The van der Waals surface area contributed by atoms with Crippen molar-refractivity contribution in [2.24, 2.45) is 0 Å². The number of aromatic nitrogens is 2. The summed E-state index contributed by atoms with van der Waals surface area (Å²) in [7, 11) is 0. The maximum Gasteiger partial charge on any atom is 0.354 e. The van der Waals surface area contributed by atoms with E-state index in [1.165, 1.54) is 19.4 Å². The molecule has 1 aliphatic heterocycles. The van der Waals surface area contributed by atoms with Gasteiger partial charge in [-0.1, -0.05) is 0 Å². The summed E-state index contributed by atoms with van der Waals surface area (Å²) < 4.78 is 0.523. The van der Waals surface area contributed by atoms with Crippen molar-refractivity contribution in [3.05, 3.63) is 17.5 Å². The van der Waals surface area contributed by atoms with Crippen LogP contribution in [0.2, 0.25) is 0 Å². The molecule has 2 aliphatic rings. The van der Waals surface area contributed by atoms with Crippen molar-refractivity contribution in [1.29, 1.82) is 0 Å². The monoisotopic (exact) mass is 295 g/mol. The van der Waals surface area contributed by atoms with Gasteiger partial charge in [-0.05, 0) is 50.9 Å². The number of aromatic carboxylic acids is 1. The number of H-pyrrole nitrogens is 1. The molecule has 2 N–H and O–H groups in total. The van der Waals surface area contributed by atoms with Gasteiger partial charge in [0.05, 0.1) is 6.20 Å². The zero-order valence-corrected chi connectivity index (χ0v) is 12.6. The first-order chi connectivity index (χ1) is 9.63. The van der Waals surface area contributed by atoms with Crippen molar-refractivity contribution in [2.75, 3.05) is 25.9 Å². The average Bonchev–Trinajstić information content (AvgIpc) is 3.04. The van der Waals surface area contributed by atoms with E-state index >= 15 is 0 Å². The van der Waals surface area contributed by atoms with Crippen molar-refractivity contribution >= 4 is 17.7 Å². The summed E-state index contributed by atoms with van der Waals surface area (Å²) in [5.41, 5.74) is 1.15. The highest BCUT2D eigenvalue weighted by molar-refractivity contribution is 8.00. The van der Waals surface area contributed by atoms with Crippen molar-refractivity contribution in [3.63, 3.8) is 0 Å². The number of rotatable bonds is 5. The Labute approximate surface area is 123 Å². The smallest absolute Gasteiger partial charge is 0.354 e. The molecule has 20 heavy (non-hydrogen) atoms. The number of carbonyl (C=O) groups is 1. The van der Waals surface area contributed by atoms with Gasteiger partial charge in [0.2, 0.25) is 0 Å². The Morgan fingerprint density at radius 2 is 2.25 bits per heavy atom. The van der Waals surface area contributed by atoms with E-state index in [4.69, 9.17) is 5.11 Å². The lowest BCUT2D eigenvalue weighted by atomic mass is 9.89. The van der Waals surface area contributed by atoms with E-state index in [2.05, 4.69) is 21.4 Å². The van der Waals surface area contributed by atoms with E-state index in [1.807, 2.05) is 11.8 Å². The van der Waals surface area contributed by atoms with Crippen LogP contribution in [0.4, 0.5) is 0 Å². The Morgan fingerprint density at radius 3 is 2.80 bits per heavy atom. The number of likely N-dealkylation sites (tertiary alicyclic amines) is 1. The van der Waals surface area contributed by atoms with E-state index in [9.17, 15) is 4.79 Å². The second kappa shape index (κ2) is 5.41. The van der Waals surface area contributed by atoms with Crippen LogP contribution in [0.3, 0.4) is 0 Å². The molecule has 2 fully saturated rings. The third-order valence-electron chi connectivity index (χ3n) is 4.66. The maximum absolute atomic E-state index is 11.1. The molecular weight excluding hydrogens is 274 g/mol. The van der Waals surface area contributed by atoms with E-state index in [0.29, 0.717) is 10.7 Å². The Hall–Kier alpha value is -1.01. The van der Waals surface area contributed by atoms with Gasteiger partial charge in [0.1, 0.15) is 5.69 Å². The van der Waals surface area contributed by atoms with Crippen LogP contribution in [0.25, 0.3) is 0 Å². The number of nitrogens with one attached hydrogen (secondary N) is 1. The van der Waals surface area contributed by atoms with E-state index in [-0.39, 0.29) is 5.69 Å². The van der Waals surface area contributed by atoms with E-state index < -0.39 is 5.97 Å². The van der Waals surface area contributed by atoms with Crippen LogP contribution < -0.4 is 0 Å². The van der Waals surface area contributed by atoms with E-state index in [0.717, 1.165) is 31.5 Å². The first-order valence-electron chi connectivity index (χ1n) is 7.18. The molecule has 0 unspecified atom stereocenters. The fraction of sp³-hybridized carbons (Fsp3) is 0.714. The Bertz CT molecular complexity index is 490. The lowest BCUT2D eigenvalue weighted by Crippen LogP contribution is -2.38. The molecule has 1 aliphatic carbocycles. The number of hydrogen-bond acceptors (Lipinski definition) is 4. The number of piperidine rings is 1. The van der Waals surface area contributed by atoms with Gasteiger partial charge >= 0.3 is 5.97 Å². The molecule has 0 amide bonds. The molecule has 1 aromatic rings. The zero-order chi connectivity index (χ0) is 14.2. The molecular formula is C14H21N3O2S. The van der Waals surface area contributed by atoms with Gasteiger partial charge in [-0.3, -0.25) is 5.10 Å². The highest BCUT2D eigenvalue weighted by Gasteiger charge is 2.43. The normalized spacial score (nSPS) is 22.9. The minimum absolute atomic E-state index is 0.270. The number of carboxylic acids is 1. The van der Waals surface area contributed by atoms with Crippen molar-refractivity contribution in [3.8, 4) is 0 Å². The molecule has 110 valence electrons. The summed E-state index contributed by atoms with van der Waals surface area (Å²) in [6.07, 6.45) is 8.66. The molecule has 2 heterocycles. The van der Waals surface area contributed by atoms with Crippen LogP contribution in [-0.2, 0) is 0 Å². The average molecular weight is 295 g/mol. The van der Waals surface area contributed by atoms with Crippen LogP contribution in [0, 0.1) is 0 Å². The third kappa shape index (κ3) is 2.72. The van der Waals surface area contributed by atoms with Crippen molar-refractivity contribution in [1.82, 2.24) is 15.1 Å². The van der Waals surface area contributed by atoms with Crippen LogP contribution in [0.5, 0.6) is 0 Å². The number of nitrogens with zero attached hydrogens (tertiary/aromatic N) is 2. The molecule has 0 atom stereocenters. The maximum atomic E-state index is 11.1. The van der Waals surface area contributed by atoms with Crippen LogP contribution >= 0.6 is 11.8 Å². The molecule has 3 rings (SSSR count). The predicted molar refractivity (Wildman–Crippen MR) is 79.4 cm³/mol. The van der Waals surface area contributed by atoms with Gasteiger partial charge in [0.15, 0.2) is 0 Å². The first-order valence-corrected chi connectivity index (χ1v) is 8.40.